The van der Waals surface area contributed by atoms with Crippen molar-refractivity contribution in [2.75, 3.05) is 43.1 Å². The van der Waals surface area contributed by atoms with Crippen molar-refractivity contribution < 1.29 is 24.1 Å². The van der Waals surface area contributed by atoms with E-state index < -0.39 is 5.97 Å². The van der Waals surface area contributed by atoms with Gasteiger partial charge in [-0.3, -0.25) is 0 Å². The van der Waals surface area contributed by atoms with Crippen LogP contribution in [0.4, 0.5) is 11.4 Å². The highest BCUT2D eigenvalue weighted by Gasteiger charge is 2.19. The first kappa shape index (κ1) is 26.1. The minimum absolute atomic E-state index is 0.268. The van der Waals surface area contributed by atoms with Crippen LogP contribution in [0.25, 0.3) is 0 Å². The highest BCUT2D eigenvalue weighted by Crippen LogP contribution is 2.38. The van der Waals surface area contributed by atoms with E-state index in [2.05, 4.69) is 21.2 Å². The molecule has 36 heavy (non-hydrogen) atoms. The maximum atomic E-state index is 11.9. The van der Waals surface area contributed by atoms with Crippen LogP contribution < -0.4 is 19.7 Å². The number of rotatable bonds is 10. The second-order valence-electron chi connectivity index (χ2n) is 8.24. The lowest BCUT2D eigenvalue weighted by Crippen LogP contribution is -2.37. The zero-order valence-corrected chi connectivity index (χ0v) is 22.3. The molecule has 3 aromatic carbocycles. The Balaban J connectivity index is 1.48. The van der Waals surface area contributed by atoms with Gasteiger partial charge in [-0.2, -0.15) is 0 Å². The molecule has 7 nitrogen and oxygen atoms in total. The molecule has 0 spiro atoms. The third-order valence-electron chi connectivity index (χ3n) is 5.74. The van der Waals surface area contributed by atoms with E-state index in [0.29, 0.717) is 68.3 Å². The number of morpholine rings is 1. The van der Waals surface area contributed by atoms with E-state index in [1.54, 1.807) is 6.07 Å². The summed E-state index contributed by atoms with van der Waals surface area (Å²) in [6, 6.07) is 16.8. The Morgan fingerprint density at radius 3 is 2.53 bits per heavy atom. The average molecular weight is 576 g/mol. The van der Waals surface area contributed by atoms with Gasteiger partial charge in [0.05, 0.1) is 35.5 Å². The predicted octanol–water partition coefficient (Wildman–Crippen LogP) is 6.23. The Morgan fingerprint density at radius 1 is 1.08 bits per heavy atom. The number of carboxylic acids is 1. The van der Waals surface area contributed by atoms with E-state index in [1.165, 1.54) is 0 Å². The standard InChI is InChI=1S/C27H28BrClN2O5/c1-2-35-25-14-19(13-23(28)26(25)36-17-18-3-5-20(29)6-4-18)16-30-21-7-8-24(22(15-21)27(32)33)31-9-11-34-12-10-31/h3-8,13-15,30H,2,9-12,16-17H2,1H3,(H,32,33). The van der Waals surface area contributed by atoms with Gasteiger partial charge in [0.1, 0.15) is 6.61 Å². The molecule has 1 heterocycles. The molecule has 1 aliphatic heterocycles. The number of benzene rings is 3. The summed E-state index contributed by atoms with van der Waals surface area (Å²) in [7, 11) is 0. The highest BCUT2D eigenvalue weighted by molar-refractivity contribution is 9.10. The molecule has 0 bridgehead atoms. The molecule has 3 aromatic rings. The molecule has 0 saturated carbocycles. The second-order valence-corrected chi connectivity index (χ2v) is 9.53. The van der Waals surface area contributed by atoms with Gasteiger partial charge in [-0.1, -0.05) is 23.7 Å². The second kappa shape index (κ2) is 12.3. The molecule has 0 aromatic heterocycles. The molecule has 4 rings (SSSR count). The lowest BCUT2D eigenvalue weighted by atomic mass is 10.1. The van der Waals surface area contributed by atoms with Crippen molar-refractivity contribution in [3.8, 4) is 11.5 Å². The van der Waals surface area contributed by atoms with E-state index >= 15 is 0 Å². The van der Waals surface area contributed by atoms with Gasteiger partial charge in [-0.25, -0.2) is 4.79 Å². The SMILES string of the molecule is CCOc1cc(CNc2ccc(N3CCOCC3)c(C(=O)O)c2)cc(Br)c1OCc1ccc(Cl)cc1. The number of hydrogen-bond donors (Lipinski definition) is 2. The van der Waals surface area contributed by atoms with Crippen LogP contribution in [0.5, 0.6) is 11.5 Å². The van der Waals surface area contributed by atoms with Crippen molar-refractivity contribution in [1.29, 1.82) is 0 Å². The fourth-order valence-electron chi connectivity index (χ4n) is 3.96. The van der Waals surface area contributed by atoms with E-state index in [4.69, 9.17) is 25.8 Å². The minimum Gasteiger partial charge on any atom is -0.490 e. The normalized spacial score (nSPS) is 13.4. The number of hydrogen-bond acceptors (Lipinski definition) is 6. The summed E-state index contributed by atoms with van der Waals surface area (Å²) >= 11 is 9.59. The monoisotopic (exact) mass is 574 g/mol. The van der Waals surface area contributed by atoms with Gasteiger partial charge in [-0.05, 0) is 76.4 Å². The van der Waals surface area contributed by atoms with Gasteiger partial charge in [0.25, 0.3) is 0 Å². The molecule has 1 saturated heterocycles. The molecule has 0 aliphatic carbocycles. The molecule has 9 heteroatoms. The number of ether oxygens (including phenoxy) is 3. The van der Waals surface area contributed by atoms with Crippen LogP contribution in [0.3, 0.4) is 0 Å². The molecule has 1 fully saturated rings. The molecule has 0 unspecified atom stereocenters. The Morgan fingerprint density at radius 2 is 1.83 bits per heavy atom. The van der Waals surface area contributed by atoms with Gasteiger partial charge >= 0.3 is 5.97 Å². The first-order chi connectivity index (χ1) is 17.4. The number of nitrogens with zero attached hydrogens (tertiary/aromatic N) is 1. The van der Waals surface area contributed by atoms with Crippen LogP contribution in [-0.2, 0) is 17.9 Å². The van der Waals surface area contributed by atoms with Crippen molar-refractivity contribution in [2.24, 2.45) is 0 Å². The van der Waals surface area contributed by atoms with Crippen LogP contribution in [0.1, 0.15) is 28.4 Å². The topological polar surface area (TPSA) is 80.3 Å². The summed E-state index contributed by atoms with van der Waals surface area (Å²) in [5, 5.41) is 13.8. The zero-order chi connectivity index (χ0) is 25.5. The summed E-state index contributed by atoms with van der Waals surface area (Å²) in [4.78, 5) is 14.0. The Labute approximate surface area is 224 Å². The summed E-state index contributed by atoms with van der Waals surface area (Å²) in [6.07, 6.45) is 0. The molecule has 0 atom stereocenters. The Hall–Kier alpha value is -2.94. The van der Waals surface area contributed by atoms with E-state index in [1.807, 2.05) is 60.4 Å². The number of aromatic carboxylic acids is 1. The maximum Gasteiger partial charge on any atom is 0.337 e. The van der Waals surface area contributed by atoms with E-state index in [9.17, 15) is 9.90 Å². The number of nitrogens with one attached hydrogen (secondary N) is 1. The molecule has 1 aliphatic rings. The summed E-state index contributed by atoms with van der Waals surface area (Å²) < 4.78 is 18.1. The molecule has 190 valence electrons. The first-order valence-electron chi connectivity index (χ1n) is 11.7. The fourth-order valence-corrected chi connectivity index (χ4v) is 4.69. The number of carboxylic acid groups (broad SMARTS) is 1. The predicted molar refractivity (Wildman–Crippen MR) is 145 cm³/mol. The van der Waals surface area contributed by atoms with Crippen molar-refractivity contribution in [3.63, 3.8) is 0 Å². The van der Waals surface area contributed by atoms with Crippen molar-refractivity contribution in [3.05, 3.63) is 80.8 Å². The molecular weight excluding hydrogens is 548 g/mol. The van der Waals surface area contributed by atoms with Crippen LogP contribution >= 0.6 is 27.5 Å². The van der Waals surface area contributed by atoms with Gasteiger partial charge < -0.3 is 29.5 Å². The molecular formula is C27H28BrClN2O5. The van der Waals surface area contributed by atoms with Crippen LogP contribution in [0.2, 0.25) is 5.02 Å². The largest absolute Gasteiger partial charge is 0.490 e. The number of carbonyl (C=O) groups is 1. The maximum absolute atomic E-state index is 11.9. The molecule has 0 radical (unpaired) electrons. The van der Waals surface area contributed by atoms with Crippen LogP contribution in [-0.4, -0.2) is 44.0 Å². The lowest BCUT2D eigenvalue weighted by Gasteiger charge is -2.30. The van der Waals surface area contributed by atoms with Crippen molar-refractivity contribution in [1.82, 2.24) is 0 Å². The lowest BCUT2D eigenvalue weighted by molar-refractivity contribution is 0.0696. The summed E-state index contributed by atoms with van der Waals surface area (Å²) in [6.45, 7) is 5.80. The zero-order valence-electron chi connectivity index (χ0n) is 19.9. The average Bonchev–Trinajstić information content (AvgIpc) is 2.88. The van der Waals surface area contributed by atoms with E-state index in [0.717, 1.165) is 21.3 Å². The summed E-state index contributed by atoms with van der Waals surface area (Å²) in [5.41, 5.74) is 3.65. The van der Waals surface area contributed by atoms with Crippen molar-refractivity contribution in [2.45, 2.75) is 20.1 Å². The Kier molecular flexibility index (Phi) is 8.96. The number of halogens is 2. The Bertz CT molecular complexity index is 1200. The van der Waals surface area contributed by atoms with Crippen LogP contribution in [0.15, 0.2) is 59.1 Å². The third-order valence-corrected chi connectivity index (χ3v) is 6.58. The molecule has 2 N–H and O–H groups in total. The molecule has 0 amide bonds. The van der Waals surface area contributed by atoms with Gasteiger partial charge in [-0.15, -0.1) is 0 Å². The van der Waals surface area contributed by atoms with Gasteiger partial charge in [0.2, 0.25) is 0 Å². The van der Waals surface area contributed by atoms with Crippen molar-refractivity contribution >= 4 is 44.9 Å². The number of anilines is 2. The minimum atomic E-state index is -0.955. The van der Waals surface area contributed by atoms with Crippen LogP contribution in [0, 0.1) is 0 Å². The quantitative estimate of drug-likeness (QED) is 0.297. The smallest absolute Gasteiger partial charge is 0.337 e. The fraction of sp³-hybridized carbons (Fsp3) is 0.296. The first-order valence-corrected chi connectivity index (χ1v) is 12.9. The highest BCUT2D eigenvalue weighted by atomic mass is 79.9. The third kappa shape index (κ3) is 6.63. The van der Waals surface area contributed by atoms with Gasteiger partial charge in [0.15, 0.2) is 11.5 Å². The van der Waals surface area contributed by atoms with Gasteiger partial charge in [0, 0.05) is 30.3 Å². The summed E-state index contributed by atoms with van der Waals surface area (Å²) in [5.74, 6) is 0.300. The van der Waals surface area contributed by atoms with E-state index in [-0.39, 0.29) is 5.56 Å².